The van der Waals surface area contributed by atoms with E-state index in [1.165, 1.54) is 0 Å². The second kappa shape index (κ2) is 4.56. The van der Waals surface area contributed by atoms with Crippen LogP contribution in [-0.4, -0.2) is 17.0 Å². The van der Waals surface area contributed by atoms with Gasteiger partial charge in [0.2, 0.25) is 5.91 Å². The number of carboxylic acids is 1. The minimum Gasteiger partial charge on any atom is -0.477 e. The standard InChI is InChI=1S/C8H8BrNO3S/c1-2-6(11)10-4-3-5(9)14-7(4)8(12)13/h3H,2H2,1H3,(H,10,11)(H,12,13). The normalized spacial score (nSPS) is 9.86. The lowest BCUT2D eigenvalue weighted by molar-refractivity contribution is -0.115. The van der Waals surface area contributed by atoms with Crippen LogP contribution in [0.4, 0.5) is 5.69 Å². The Kier molecular flexibility index (Phi) is 3.65. The van der Waals surface area contributed by atoms with E-state index in [-0.39, 0.29) is 10.8 Å². The molecule has 0 aliphatic rings. The number of amides is 1. The molecule has 0 atom stereocenters. The molecular weight excluding hydrogens is 270 g/mol. The number of rotatable bonds is 3. The molecule has 1 amide bonds. The zero-order chi connectivity index (χ0) is 10.7. The van der Waals surface area contributed by atoms with Crippen molar-refractivity contribution in [3.63, 3.8) is 0 Å². The molecule has 0 spiro atoms. The molecule has 0 aromatic carbocycles. The summed E-state index contributed by atoms with van der Waals surface area (Å²) in [5, 5.41) is 11.3. The molecule has 0 radical (unpaired) electrons. The van der Waals surface area contributed by atoms with Crippen molar-refractivity contribution in [3.05, 3.63) is 14.7 Å². The van der Waals surface area contributed by atoms with Crippen LogP contribution in [0.15, 0.2) is 9.85 Å². The number of hydrogen-bond donors (Lipinski definition) is 2. The Morgan fingerprint density at radius 1 is 1.64 bits per heavy atom. The minimum absolute atomic E-state index is 0.138. The van der Waals surface area contributed by atoms with Crippen LogP contribution >= 0.6 is 27.3 Å². The predicted octanol–water partition coefficient (Wildman–Crippen LogP) is 2.56. The minimum atomic E-state index is -1.04. The van der Waals surface area contributed by atoms with Crippen molar-refractivity contribution in [1.29, 1.82) is 0 Å². The van der Waals surface area contributed by atoms with Crippen molar-refractivity contribution in [2.24, 2.45) is 0 Å². The zero-order valence-electron chi connectivity index (χ0n) is 7.33. The molecule has 2 N–H and O–H groups in total. The van der Waals surface area contributed by atoms with Gasteiger partial charge in [0.15, 0.2) is 0 Å². The zero-order valence-corrected chi connectivity index (χ0v) is 9.74. The highest BCUT2D eigenvalue weighted by atomic mass is 79.9. The monoisotopic (exact) mass is 277 g/mol. The summed E-state index contributed by atoms with van der Waals surface area (Å²) < 4.78 is 0.682. The number of thiophene rings is 1. The molecule has 1 aromatic heterocycles. The van der Waals surface area contributed by atoms with Crippen LogP contribution in [0.25, 0.3) is 0 Å². The average molecular weight is 278 g/mol. The number of carboxylic acid groups (broad SMARTS) is 1. The van der Waals surface area contributed by atoms with Gasteiger partial charge in [0.05, 0.1) is 9.47 Å². The first-order chi connectivity index (χ1) is 6.54. The Morgan fingerprint density at radius 3 is 2.79 bits per heavy atom. The Hall–Kier alpha value is -0.880. The molecular formula is C8H8BrNO3S. The third kappa shape index (κ3) is 2.55. The molecule has 0 unspecified atom stereocenters. The van der Waals surface area contributed by atoms with E-state index >= 15 is 0 Å². The van der Waals surface area contributed by atoms with E-state index in [2.05, 4.69) is 21.2 Å². The van der Waals surface area contributed by atoms with E-state index in [4.69, 9.17) is 5.11 Å². The average Bonchev–Trinajstić information content (AvgIpc) is 2.46. The quantitative estimate of drug-likeness (QED) is 0.892. The van der Waals surface area contributed by atoms with Gasteiger partial charge >= 0.3 is 5.97 Å². The van der Waals surface area contributed by atoms with Gasteiger partial charge in [-0.1, -0.05) is 6.92 Å². The van der Waals surface area contributed by atoms with Gasteiger partial charge in [-0.15, -0.1) is 11.3 Å². The van der Waals surface area contributed by atoms with Crippen molar-refractivity contribution < 1.29 is 14.7 Å². The summed E-state index contributed by atoms with van der Waals surface area (Å²) in [7, 11) is 0. The van der Waals surface area contributed by atoms with Crippen LogP contribution in [-0.2, 0) is 4.79 Å². The van der Waals surface area contributed by atoms with Gasteiger partial charge in [0, 0.05) is 6.42 Å². The molecule has 0 saturated carbocycles. The Bertz CT molecular complexity index is 375. The summed E-state index contributed by atoms with van der Waals surface area (Å²) in [5.41, 5.74) is 0.348. The Labute approximate surface area is 93.1 Å². The van der Waals surface area contributed by atoms with Gasteiger partial charge in [-0.3, -0.25) is 4.79 Å². The fourth-order valence-electron chi connectivity index (χ4n) is 0.851. The maximum absolute atomic E-state index is 11.1. The number of nitrogens with one attached hydrogen (secondary N) is 1. The van der Waals surface area contributed by atoms with Crippen LogP contribution < -0.4 is 5.32 Å². The maximum atomic E-state index is 11.1. The predicted molar refractivity (Wildman–Crippen MR) is 57.9 cm³/mol. The molecule has 76 valence electrons. The van der Waals surface area contributed by atoms with Crippen LogP contribution in [0.2, 0.25) is 0 Å². The van der Waals surface area contributed by atoms with Crippen LogP contribution in [0.5, 0.6) is 0 Å². The smallest absolute Gasteiger partial charge is 0.348 e. The molecule has 1 rings (SSSR count). The summed E-state index contributed by atoms with van der Waals surface area (Å²) in [6.07, 6.45) is 0.326. The molecule has 1 aromatic rings. The number of carbonyl (C=O) groups is 2. The third-order valence-corrected chi connectivity index (χ3v) is 3.12. The molecule has 0 fully saturated rings. The number of carbonyl (C=O) groups excluding carboxylic acids is 1. The highest BCUT2D eigenvalue weighted by molar-refractivity contribution is 9.11. The lowest BCUT2D eigenvalue weighted by Gasteiger charge is -2.00. The molecule has 4 nitrogen and oxygen atoms in total. The largest absolute Gasteiger partial charge is 0.477 e. The van der Waals surface area contributed by atoms with Crippen molar-refractivity contribution in [2.45, 2.75) is 13.3 Å². The molecule has 0 aliphatic carbocycles. The Balaban J connectivity index is 2.95. The topological polar surface area (TPSA) is 66.4 Å². The van der Waals surface area contributed by atoms with Crippen molar-refractivity contribution in [1.82, 2.24) is 0 Å². The first-order valence-corrected chi connectivity index (χ1v) is 5.48. The fraction of sp³-hybridized carbons (Fsp3) is 0.250. The van der Waals surface area contributed by atoms with Crippen molar-refractivity contribution in [2.75, 3.05) is 5.32 Å². The van der Waals surface area contributed by atoms with Gasteiger partial charge in [0.25, 0.3) is 0 Å². The number of aromatic carboxylic acids is 1. The lowest BCUT2D eigenvalue weighted by atomic mass is 10.3. The number of anilines is 1. The second-order valence-electron chi connectivity index (χ2n) is 2.50. The van der Waals surface area contributed by atoms with Crippen LogP contribution in [0.1, 0.15) is 23.0 Å². The summed E-state index contributed by atoms with van der Waals surface area (Å²) in [6.45, 7) is 1.71. The third-order valence-electron chi connectivity index (χ3n) is 1.49. The van der Waals surface area contributed by atoms with E-state index in [0.717, 1.165) is 11.3 Å². The van der Waals surface area contributed by atoms with Crippen molar-refractivity contribution in [3.8, 4) is 0 Å². The molecule has 0 bridgehead atoms. The van der Waals surface area contributed by atoms with Crippen LogP contribution in [0.3, 0.4) is 0 Å². The van der Waals surface area contributed by atoms with E-state index in [1.54, 1.807) is 13.0 Å². The molecule has 0 aliphatic heterocycles. The summed E-state index contributed by atoms with van der Waals surface area (Å²) in [4.78, 5) is 21.9. The van der Waals surface area contributed by atoms with E-state index < -0.39 is 5.97 Å². The van der Waals surface area contributed by atoms with E-state index in [1.807, 2.05) is 0 Å². The highest BCUT2D eigenvalue weighted by Gasteiger charge is 2.15. The summed E-state index contributed by atoms with van der Waals surface area (Å²) in [5.74, 6) is -1.23. The number of hydrogen-bond acceptors (Lipinski definition) is 3. The Morgan fingerprint density at radius 2 is 2.29 bits per heavy atom. The molecule has 1 heterocycles. The van der Waals surface area contributed by atoms with Gasteiger partial charge in [-0.2, -0.15) is 0 Å². The van der Waals surface area contributed by atoms with Gasteiger partial charge in [0.1, 0.15) is 4.88 Å². The van der Waals surface area contributed by atoms with Crippen molar-refractivity contribution >= 4 is 44.8 Å². The lowest BCUT2D eigenvalue weighted by Crippen LogP contribution is -2.11. The summed E-state index contributed by atoms with van der Waals surface area (Å²) >= 11 is 4.24. The SMILES string of the molecule is CCC(=O)Nc1cc(Br)sc1C(=O)O. The molecule has 0 saturated heterocycles. The highest BCUT2D eigenvalue weighted by Crippen LogP contribution is 2.31. The van der Waals surface area contributed by atoms with E-state index in [0.29, 0.717) is 15.9 Å². The summed E-state index contributed by atoms with van der Waals surface area (Å²) in [6, 6.07) is 1.58. The fourth-order valence-corrected chi connectivity index (χ4v) is 2.24. The maximum Gasteiger partial charge on any atom is 0.348 e. The second-order valence-corrected chi connectivity index (χ2v) is 4.93. The van der Waals surface area contributed by atoms with Gasteiger partial charge < -0.3 is 10.4 Å². The number of halogens is 1. The van der Waals surface area contributed by atoms with Gasteiger partial charge in [-0.25, -0.2) is 4.79 Å². The molecule has 6 heteroatoms. The van der Waals surface area contributed by atoms with Crippen LogP contribution in [0, 0.1) is 0 Å². The first kappa shape index (κ1) is 11.2. The first-order valence-electron chi connectivity index (χ1n) is 3.87. The van der Waals surface area contributed by atoms with E-state index in [9.17, 15) is 9.59 Å². The molecule has 14 heavy (non-hydrogen) atoms. The van der Waals surface area contributed by atoms with Gasteiger partial charge in [-0.05, 0) is 22.0 Å².